The number of hydrogen-bond acceptors (Lipinski definition) is 10. The lowest BCUT2D eigenvalue weighted by Crippen LogP contribution is -2.50. The molecule has 12 heteroatoms. The van der Waals surface area contributed by atoms with Crippen LogP contribution in [0.4, 0.5) is 0 Å². The van der Waals surface area contributed by atoms with Gasteiger partial charge in [0.15, 0.2) is 0 Å². The van der Waals surface area contributed by atoms with Crippen molar-refractivity contribution in [3.63, 3.8) is 0 Å². The number of amides is 2. The smallest absolute Gasteiger partial charge is 0.310 e. The molecule has 2 amide bonds. The second kappa shape index (κ2) is 10.8. The number of nitrogens with one attached hydrogen (secondary N) is 2. The van der Waals surface area contributed by atoms with Crippen LogP contribution in [0.2, 0.25) is 0 Å². The predicted molar refractivity (Wildman–Crippen MR) is 123 cm³/mol. The fraction of sp³-hybridized carbons (Fsp3) is 0.409. The van der Waals surface area contributed by atoms with E-state index in [4.69, 9.17) is 5.73 Å². The van der Waals surface area contributed by atoms with Crippen molar-refractivity contribution in [3.05, 3.63) is 46.9 Å². The fourth-order valence-corrected chi connectivity index (χ4v) is 4.29. The topological polar surface area (TPSA) is 160 Å². The molecule has 3 unspecified atom stereocenters. The summed E-state index contributed by atoms with van der Waals surface area (Å²) in [6.45, 7) is 1.18. The van der Waals surface area contributed by atoms with Crippen molar-refractivity contribution in [2.24, 2.45) is 5.73 Å². The van der Waals surface area contributed by atoms with Gasteiger partial charge in [0.25, 0.3) is 0 Å². The maximum Gasteiger partial charge on any atom is 0.310 e. The lowest BCUT2D eigenvalue weighted by atomic mass is 10.1. The minimum absolute atomic E-state index is 0.114. The molecule has 0 aliphatic carbocycles. The third-order valence-corrected chi connectivity index (χ3v) is 6.14. The van der Waals surface area contributed by atoms with Crippen molar-refractivity contribution in [1.29, 1.82) is 0 Å². The van der Waals surface area contributed by atoms with Crippen molar-refractivity contribution in [2.45, 2.75) is 37.8 Å². The number of cyclic esters (lactones) is 1. The molecule has 4 rings (SSSR count). The second-order valence-electron chi connectivity index (χ2n) is 8.25. The molecule has 1 aromatic carbocycles. The van der Waals surface area contributed by atoms with Gasteiger partial charge in [0.1, 0.15) is 11.7 Å². The Morgan fingerprint density at radius 1 is 1.26 bits per heavy atom. The van der Waals surface area contributed by atoms with E-state index in [-0.39, 0.29) is 25.4 Å². The normalized spacial score (nSPS) is 22.8. The predicted octanol–water partition coefficient (Wildman–Crippen LogP) is -0.469. The number of esters is 1. The molecule has 1 saturated heterocycles. The number of carbonyl (C=O) groups excluding carboxylic acids is 3. The van der Waals surface area contributed by atoms with Gasteiger partial charge in [-0.15, -0.1) is 5.10 Å². The van der Waals surface area contributed by atoms with E-state index in [9.17, 15) is 19.5 Å². The second-order valence-corrected chi connectivity index (χ2v) is 8.86. The first-order valence-electron chi connectivity index (χ1n) is 10.9. The summed E-state index contributed by atoms with van der Waals surface area (Å²) in [7, 11) is 0. The van der Waals surface area contributed by atoms with Crippen LogP contribution in [0, 0.1) is 0 Å². The number of carbonyl (C=O) groups is 3. The monoisotopic (exact) mass is 486 g/mol. The van der Waals surface area contributed by atoms with E-state index in [1.165, 1.54) is 16.4 Å². The van der Waals surface area contributed by atoms with Crippen LogP contribution in [-0.2, 0) is 25.7 Å². The first kappa shape index (κ1) is 24.0. The Kier molecular flexibility index (Phi) is 7.63. The molecular formula is C22H26N6O5S. The number of benzene rings is 1. The average Bonchev–Trinajstić information content (AvgIpc) is 3.43. The summed E-state index contributed by atoms with van der Waals surface area (Å²) >= 11 is 1.31. The largest absolute Gasteiger partial charge is 0.434 e. The molecule has 5 N–H and O–H groups in total. The van der Waals surface area contributed by atoms with Gasteiger partial charge in [-0.05, 0) is 29.1 Å². The molecule has 1 fully saturated rings. The molecular weight excluding hydrogens is 460 g/mol. The molecule has 3 atom stereocenters. The Morgan fingerprint density at radius 3 is 2.74 bits per heavy atom. The van der Waals surface area contributed by atoms with Gasteiger partial charge in [0.2, 0.25) is 18.1 Å². The van der Waals surface area contributed by atoms with E-state index in [0.717, 1.165) is 22.4 Å². The van der Waals surface area contributed by atoms with Crippen molar-refractivity contribution in [2.75, 3.05) is 19.6 Å². The van der Waals surface area contributed by atoms with E-state index in [1.54, 1.807) is 0 Å². The summed E-state index contributed by atoms with van der Waals surface area (Å²) in [6, 6.07) is 6.47. The molecule has 0 saturated carbocycles. The van der Waals surface area contributed by atoms with Crippen LogP contribution in [0.3, 0.4) is 0 Å². The number of nitrogens with two attached hydrogens (primary N) is 1. The summed E-state index contributed by atoms with van der Waals surface area (Å²) in [5.74, 6) is -1.41. The first-order chi connectivity index (χ1) is 16.4. The zero-order valence-electron chi connectivity index (χ0n) is 18.3. The van der Waals surface area contributed by atoms with Crippen LogP contribution < -0.4 is 16.4 Å². The molecule has 0 bridgehead atoms. The highest BCUT2D eigenvalue weighted by molar-refractivity contribution is 7.03. The van der Waals surface area contributed by atoms with Crippen molar-refractivity contribution in [1.82, 2.24) is 25.1 Å². The van der Waals surface area contributed by atoms with Gasteiger partial charge in [-0.3, -0.25) is 14.4 Å². The SMILES string of the molecule is NC1CC=C(CNCc2ccc(-c3csnn3)cc2)CN(CC(=O)NC2CC(=O)OC2O)C1=O. The lowest BCUT2D eigenvalue weighted by molar-refractivity contribution is -0.155. The highest BCUT2D eigenvalue weighted by Crippen LogP contribution is 2.18. The van der Waals surface area contributed by atoms with Gasteiger partial charge in [0.05, 0.1) is 19.0 Å². The number of aliphatic hydroxyl groups excluding tert-OH is 1. The summed E-state index contributed by atoms with van der Waals surface area (Å²) < 4.78 is 8.50. The van der Waals surface area contributed by atoms with E-state index in [0.29, 0.717) is 19.5 Å². The Hall–Kier alpha value is -3.19. The van der Waals surface area contributed by atoms with E-state index >= 15 is 0 Å². The zero-order chi connectivity index (χ0) is 24.1. The fourth-order valence-electron chi connectivity index (χ4n) is 3.82. The number of aliphatic hydroxyl groups is 1. The maximum absolute atomic E-state index is 12.6. The molecule has 2 aliphatic heterocycles. The molecule has 11 nitrogen and oxygen atoms in total. The number of rotatable bonds is 8. The van der Waals surface area contributed by atoms with Crippen molar-refractivity contribution in [3.8, 4) is 11.3 Å². The van der Waals surface area contributed by atoms with E-state index < -0.39 is 30.3 Å². The lowest BCUT2D eigenvalue weighted by Gasteiger charge is -2.24. The zero-order valence-corrected chi connectivity index (χ0v) is 19.2. The van der Waals surface area contributed by atoms with Crippen LogP contribution in [-0.4, -0.2) is 75.4 Å². The van der Waals surface area contributed by atoms with Gasteiger partial charge in [-0.1, -0.05) is 34.8 Å². The molecule has 34 heavy (non-hydrogen) atoms. The summed E-state index contributed by atoms with van der Waals surface area (Å²) in [4.78, 5) is 37.7. The maximum atomic E-state index is 12.6. The quantitative estimate of drug-likeness (QED) is 0.286. The molecule has 3 heterocycles. The number of hydrogen-bond donors (Lipinski definition) is 4. The number of aromatic nitrogens is 2. The van der Waals surface area contributed by atoms with Gasteiger partial charge in [-0.25, -0.2) is 0 Å². The van der Waals surface area contributed by atoms with Crippen LogP contribution in [0.15, 0.2) is 41.3 Å². The Labute approximate surface area is 200 Å². The molecule has 1 aromatic heterocycles. The van der Waals surface area contributed by atoms with Crippen LogP contribution >= 0.6 is 11.5 Å². The van der Waals surface area contributed by atoms with Crippen molar-refractivity contribution >= 4 is 29.3 Å². The van der Waals surface area contributed by atoms with Gasteiger partial charge < -0.3 is 31.1 Å². The minimum Gasteiger partial charge on any atom is -0.434 e. The highest BCUT2D eigenvalue weighted by Gasteiger charge is 2.35. The highest BCUT2D eigenvalue weighted by atomic mass is 32.1. The summed E-state index contributed by atoms with van der Waals surface area (Å²) in [5.41, 5.74) is 9.87. The van der Waals surface area contributed by atoms with Gasteiger partial charge >= 0.3 is 5.97 Å². The Balaban J connectivity index is 1.29. The number of nitrogens with zero attached hydrogens (tertiary/aromatic N) is 3. The molecule has 2 aromatic rings. The standard InChI is InChI=1S/C22H26N6O5S/c23-16-6-3-14(9-24-8-13-1-4-15(5-2-13)18-12-34-27-26-18)10-28(21(16)31)11-19(29)25-17-7-20(30)33-22(17)32/h1-5,12,16-17,22,24,32H,6-11,23H2,(H,25,29). The summed E-state index contributed by atoms with van der Waals surface area (Å²) in [6.07, 6.45) is 0.815. The van der Waals surface area contributed by atoms with Crippen molar-refractivity contribution < 1.29 is 24.2 Å². The van der Waals surface area contributed by atoms with Crippen LogP contribution in [0.5, 0.6) is 0 Å². The first-order valence-corrected chi connectivity index (χ1v) is 11.7. The third-order valence-electron chi connectivity index (χ3n) is 5.64. The molecule has 180 valence electrons. The third kappa shape index (κ3) is 6.03. The van der Waals surface area contributed by atoms with Crippen LogP contribution in [0.25, 0.3) is 11.3 Å². The average molecular weight is 487 g/mol. The van der Waals surface area contributed by atoms with Gasteiger partial charge in [0, 0.05) is 30.6 Å². The minimum atomic E-state index is -1.38. The van der Waals surface area contributed by atoms with Gasteiger partial charge in [-0.2, -0.15) is 0 Å². The van der Waals surface area contributed by atoms with E-state index in [2.05, 4.69) is 25.0 Å². The molecule has 2 aliphatic rings. The summed E-state index contributed by atoms with van der Waals surface area (Å²) in [5, 5.41) is 21.5. The molecule has 0 radical (unpaired) electrons. The van der Waals surface area contributed by atoms with E-state index in [1.807, 2.05) is 35.7 Å². The Bertz CT molecular complexity index is 1060. The van der Waals surface area contributed by atoms with Crippen LogP contribution in [0.1, 0.15) is 18.4 Å². The Morgan fingerprint density at radius 2 is 2.06 bits per heavy atom. The number of ether oxygens (including phenoxy) is 1. The molecule has 0 spiro atoms.